The largest absolute Gasteiger partial charge is 0.339 e. The smallest absolute Gasteiger partial charge is 0.227 e. The molecule has 0 aliphatic carbocycles. The monoisotopic (exact) mass is 280 g/mol. The van der Waals surface area contributed by atoms with Crippen molar-refractivity contribution in [2.45, 2.75) is 46.1 Å². The lowest BCUT2D eigenvalue weighted by Gasteiger charge is -2.19. The Hall–Kier alpha value is -1.27. The summed E-state index contributed by atoms with van der Waals surface area (Å²) in [6.07, 6.45) is 1.39. The predicted molar refractivity (Wildman–Crippen MR) is 75.4 cm³/mol. The van der Waals surface area contributed by atoms with Gasteiger partial charge in [0.05, 0.1) is 17.1 Å². The molecule has 0 saturated heterocycles. The van der Waals surface area contributed by atoms with Crippen LogP contribution in [0.3, 0.4) is 0 Å². The van der Waals surface area contributed by atoms with Gasteiger partial charge in [0, 0.05) is 23.9 Å². The maximum atomic E-state index is 5.23. The van der Waals surface area contributed by atoms with Crippen LogP contribution in [0.25, 0.3) is 0 Å². The van der Waals surface area contributed by atoms with Gasteiger partial charge >= 0.3 is 0 Å². The Bertz CT molecular complexity index is 527. The van der Waals surface area contributed by atoms with E-state index in [1.54, 1.807) is 11.3 Å². The highest BCUT2D eigenvalue weighted by atomic mass is 32.1. The fourth-order valence-corrected chi connectivity index (χ4v) is 2.27. The van der Waals surface area contributed by atoms with E-state index in [2.05, 4.69) is 41.2 Å². The average molecular weight is 280 g/mol. The molecule has 0 aliphatic heterocycles. The molecule has 6 heteroatoms. The van der Waals surface area contributed by atoms with Crippen LogP contribution in [-0.2, 0) is 12.8 Å². The number of hydrogen-bond donors (Lipinski definition) is 1. The van der Waals surface area contributed by atoms with Gasteiger partial charge in [-0.05, 0) is 27.7 Å². The molecule has 0 bridgehead atoms. The summed E-state index contributed by atoms with van der Waals surface area (Å²) in [6.45, 7) is 9.24. The van der Waals surface area contributed by atoms with E-state index in [1.807, 2.05) is 12.3 Å². The minimum absolute atomic E-state index is 0.112. The standard InChI is InChI=1S/C13H20N4OS/c1-9-15-10(8-19-9)7-11-16-12(18-17-11)5-6-14-13(2,3)4/h8,14H,5-7H2,1-4H3. The number of aromatic nitrogens is 3. The van der Waals surface area contributed by atoms with Crippen molar-refractivity contribution in [1.29, 1.82) is 0 Å². The maximum absolute atomic E-state index is 5.23. The third-order valence-corrected chi connectivity index (χ3v) is 3.33. The van der Waals surface area contributed by atoms with Gasteiger partial charge in [0.1, 0.15) is 0 Å². The first-order chi connectivity index (χ1) is 8.92. The van der Waals surface area contributed by atoms with Gasteiger partial charge in [-0.15, -0.1) is 11.3 Å². The zero-order valence-electron chi connectivity index (χ0n) is 11.9. The summed E-state index contributed by atoms with van der Waals surface area (Å²) >= 11 is 1.64. The molecule has 104 valence electrons. The first-order valence-electron chi connectivity index (χ1n) is 6.40. The summed E-state index contributed by atoms with van der Waals surface area (Å²) < 4.78 is 5.23. The molecule has 0 atom stereocenters. The van der Waals surface area contributed by atoms with E-state index >= 15 is 0 Å². The third kappa shape index (κ3) is 4.72. The average Bonchev–Trinajstić information content (AvgIpc) is 2.87. The van der Waals surface area contributed by atoms with Gasteiger partial charge in [0.2, 0.25) is 5.89 Å². The zero-order chi connectivity index (χ0) is 13.9. The van der Waals surface area contributed by atoms with E-state index in [0.717, 1.165) is 23.7 Å². The normalized spacial score (nSPS) is 12.0. The van der Waals surface area contributed by atoms with Crippen molar-refractivity contribution in [3.8, 4) is 0 Å². The first-order valence-corrected chi connectivity index (χ1v) is 7.28. The summed E-state index contributed by atoms with van der Waals surface area (Å²) in [5.41, 5.74) is 1.11. The van der Waals surface area contributed by atoms with Gasteiger partial charge in [-0.2, -0.15) is 4.98 Å². The molecule has 2 aromatic heterocycles. The van der Waals surface area contributed by atoms with E-state index in [9.17, 15) is 0 Å². The Morgan fingerprint density at radius 2 is 2.11 bits per heavy atom. The molecule has 0 saturated carbocycles. The quantitative estimate of drug-likeness (QED) is 0.911. The molecule has 0 aromatic carbocycles. The van der Waals surface area contributed by atoms with Gasteiger partial charge in [-0.1, -0.05) is 5.16 Å². The molecule has 0 spiro atoms. The lowest BCUT2D eigenvalue weighted by molar-refractivity contribution is 0.359. The molecule has 5 nitrogen and oxygen atoms in total. The topological polar surface area (TPSA) is 63.8 Å². The Morgan fingerprint density at radius 1 is 1.32 bits per heavy atom. The molecular formula is C13H20N4OS. The number of nitrogens with one attached hydrogen (secondary N) is 1. The Labute approximate surface area is 117 Å². The molecule has 0 amide bonds. The second-order valence-electron chi connectivity index (χ2n) is 5.57. The molecule has 19 heavy (non-hydrogen) atoms. The van der Waals surface area contributed by atoms with Gasteiger partial charge in [0.15, 0.2) is 5.82 Å². The SMILES string of the molecule is Cc1nc(Cc2noc(CCNC(C)(C)C)n2)cs1. The summed E-state index contributed by atoms with van der Waals surface area (Å²) in [4.78, 5) is 8.78. The van der Waals surface area contributed by atoms with Crippen molar-refractivity contribution < 1.29 is 4.52 Å². The number of nitrogens with zero attached hydrogens (tertiary/aromatic N) is 3. The number of thiazole rings is 1. The number of aryl methyl sites for hydroxylation is 1. The summed E-state index contributed by atoms with van der Waals surface area (Å²) in [5, 5.41) is 10.5. The second-order valence-corrected chi connectivity index (χ2v) is 6.63. The van der Waals surface area contributed by atoms with Crippen molar-refractivity contribution in [2.24, 2.45) is 0 Å². The minimum atomic E-state index is 0.112. The molecule has 2 rings (SSSR count). The Morgan fingerprint density at radius 3 is 2.74 bits per heavy atom. The van der Waals surface area contributed by atoms with Crippen molar-refractivity contribution in [3.05, 3.63) is 27.8 Å². The van der Waals surface area contributed by atoms with E-state index in [4.69, 9.17) is 4.52 Å². The fourth-order valence-electron chi connectivity index (χ4n) is 1.66. The van der Waals surface area contributed by atoms with E-state index in [-0.39, 0.29) is 5.54 Å². The van der Waals surface area contributed by atoms with Crippen LogP contribution >= 0.6 is 11.3 Å². The third-order valence-electron chi connectivity index (χ3n) is 2.51. The first kappa shape index (κ1) is 14.1. The molecule has 0 radical (unpaired) electrons. The van der Waals surface area contributed by atoms with Crippen LogP contribution in [0.5, 0.6) is 0 Å². The minimum Gasteiger partial charge on any atom is -0.339 e. The zero-order valence-corrected chi connectivity index (χ0v) is 12.7. The number of rotatable bonds is 5. The van der Waals surface area contributed by atoms with Gasteiger partial charge in [-0.3, -0.25) is 0 Å². The van der Waals surface area contributed by atoms with Crippen LogP contribution in [-0.4, -0.2) is 27.2 Å². The Kier molecular flexibility index (Phi) is 4.31. The summed E-state index contributed by atoms with van der Waals surface area (Å²) in [5.74, 6) is 1.38. The molecule has 2 heterocycles. The van der Waals surface area contributed by atoms with E-state index in [0.29, 0.717) is 18.1 Å². The van der Waals surface area contributed by atoms with Crippen molar-refractivity contribution >= 4 is 11.3 Å². The van der Waals surface area contributed by atoms with Gasteiger partial charge in [0.25, 0.3) is 0 Å². The molecular weight excluding hydrogens is 260 g/mol. The van der Waals surface area contributed by atoms with Crippen LogP contribution in [0, 0.1) is 6.92 Å². The van der Waals surface area contributed by atoms with E-state index < -0.39 is 0 Å². The van der Waals surface area contributed by atoms with Crippen LogP contribution in [0.2, 0.25) is 0 Å². The predicted octanol–water partition coefficient (Wildman–Crippen LogP) is 2.36. The van der Waals surface area contributed by atoms with E-state index in [1.165, 1.54) is 0 Å². The molecule has 1 N–H and O–H groups in total. The summed E-state index contributed by atoms with van der Waals surface area (Å²) in [6, 6.07) is 0. The highest BCUT2D eigenvalue weighted by Crippen LogP contribution is 2.11. The van der Waals surface area contributed by atoms with Crippen molar-refractivity contribution in [3.63, 3.8) is 0 Å². The fraction of sp³-hybridized carbons (Fsp3) is 0.615. The van der Waals surface area contributed by atoms with Crippen LogP contribution in [0.1, 0.15) is 43.2 Å². The molecule has 2 aromatic rings. The van der Waals surface area contributed by atoms with Crippen LogP contribution in [0.4, 0.5) is 0 Å². The summed E-state index contributed by atoms with van der Waals surface area (Å²) in [7, 11) is 0. The van der Waals surface area contributed by atoms with Gasteiger partial charge in [-0.25, -0.2) is 4.98 Å². The lowest BCUT2D eigenvalue weighted by Crippen LogP contribution is -2.37. The molecule has 0 unspecified atom stereocenters. The van der Waals surface area contributed by atoms with Gasteiger partial charge < -0.3 is 9.84 Å². The lowest BCUT2D eigenvalue weighted by atomic mass is 10.1. The maximum Gasteiger partial charge on any atom is 0.227 e. The molecule has 0 fully saturated rings. The molecule has 0 aliphatic rings. The van der Waals surface area contributed by atoms with Crippen molar-refractivity contribution in [1.82, 2.24) is 20.4 Å². The number of hydrogen-bond acceptors (Lipinski definition) is 6. The van der Waals surface area contributed by atoms with Crippen LogP contribution in [0.15, 0.2) is 9.90 Å². The highest BCUT2D eigenvalue weighted by Gasteiger charge is 2.11. The van der Waals surface area contributed by atoms with Crippen molar-refractivity contribution in [2.75, 3.05) is 6.54 Å². The van der Waals surface area contributed by atoms with Crippen LogP contribution < -0.4 is 5.32 Å². The second kappa shape index (κ2) is 5.79. The Balaban J connectivity index is 1.85. The highest BCUT2D eigenvalue weighted by molar-refractivity contribution is 7.09.